The van der Waals surface area contributed by atoms with Gasteiger partial charge < -0.3 is 5.73 Å². The fraction of sp³-hybridized carbons (Fsp3) is 0.562. The molecule has 1 saturated carbocycles. The molecule has 0 aliphatic heterocycles. The van der Waals surface area contributed by atoms with E-state index in [9.17, 15) is 9.18 Å². The number of hydrogen-bond donors (Lipinski definition) is 1. The zero-order valence-corrected chi connectivity index (χ0v) is 11.8. The maximum atomic E-state index is 14.2. The molecular weight excluding hydrogens is 241 g/mol. The first kappa shape index (κ1) is 14.2. The van der Waals surface area contributed by atoms with E-state index >= 15 is 0 Å². The molecule has 19 heavy (non-hydrogen) atoms. The summed E-state index contributed by atoms with van der Waals surface area (Å²) >= 11 is 0. The second kappa shape index (κ2) is 5.41. The van der Waals surface area contributed by atoms with E-state index in [0.29, 0.717) is 6.54 Å². The fourth-order valence-electron chi connectivity index (χ4n) is 3.22. The minimum absolute atomic E-state index is 0.0929. The van der Waals surface area contributed by atoms with Crippen LogP contribution in [0, 0.1) is 25.1 Å². The molecule has 104 valence electrons. The van der Waals surface area contributed by atoms with Gasteiger partial charge in [-0.05, 0) is 43.9 Å². The molecule has 0 heterocycles. The lowest BCUT2D eigenvalue weighted by Crippen LogP contribution is -2.41. The van der Waals surface area contributed by atoms with E-state index in [1.807, 2.05) is 13.0 Å². The molecule has 0 unspecified atom stereocenters. The van der Waals surface area contributed by atoms with Gasteiger partial charge in [0, 0.05) is 12.0 Å². The lowest BCUT2D eigenvalue weighted by molar-refractivity contribution is 0.0724. The number of Topliss-reactive ketones (excluding diaryl/α,β-unsaturated/α-hetero) is 1. The minimum atomic E-state index is -0.543. The van der Waals surface area contributed by atoms with Crippen LogP contribution in [0.3, 0.4) is 0 Å². The topological polar surface area (TPSA) is 43.1 Å². The largest absolute Gasteiger partial charge is 0.329 e. The molecule has 0 bridgehead atoms. The highest BCUT2D eigenvalue weighted by Gasteiger charge is 2.40. The van der Waals surface area contributed by atoms with Crippen molar-refractivity contribution in [1.29, 1.82) is 0 Å². The normalized spacial score (nSPS) is 18.3. The quantitative estimate of drug-likeness (QED) is 0.848. The summed E-state index contributed by atoms with van der Waals surface area (Å²) in [5, 5.41) is 0. The van der Waals surface area contributed by atoms with Crippen molar-refractivity contribution >= 4 is 5.78 Å². The molecule has 0 saturated heterocycles. The Kier molecular flexibility index (Phi) is 4.04. The Hall–Kier alpha value is -1.22. The Morgan fingerprint density at radius 3 is 2.42 bits per heavy atom. The number of benzene rings is 1. The molecule has 0 amide bonds. The van der Waals surface area contributed by atoms with Crippen LogP contribution in [0.4, 0.5) is 4.39 Å². The van der Waals surface area contributed by atoms with Gasteiger partial charge in [0.15, 0.2) is 5.78 Å². The van der Waals surface area contributed by atoms with Gasteiger partial charge in [-0.15, -0.1) is 0 Å². The number of carbonyl (C=O) groups is 1. The van der Waals surface area contributed by atoms with Gasteiger partial charge in [0.25, 0.3) is 0 Å². The molecule has 1 aliphatic rings. The van der Waals surface area contributed by atoms with Gasteiger partial charge in [0.05, 0.1) is 5.56 Å². The summed E-state index contributed by atoms with van der Waals surface area (Å²) in [4.78, 5) is 12.8. The predicted octanol–water partition coefficient (Wildman–Crippen LogP) is 3.53. The molecule has 0 atom stereocenters. The Morgan fingerprint density at radius 2 is 1.89 bits per heavy atom. The third-order valence-electron chi connectivity index (χ3n) is 4.34. The van der Waals surface area contributed by atoms with Gasteiger partial charge in [0.1, 0.15) is 5.82 Å². The van der Waals surface area contributed by atoms with Crippen LogP contribution >= 0.6 is 0 Å². The van der Waals surface area contributed by atoms with Crippen LogP contribution in [0.1, 0.15) is 53.6 Å². The first-order chi connectivity index (χ1) is 9.00. The third kappa shape index (κ3) is 2.57. The van der Waals surface area contributed by atoms with Crippen molar-refractivity contribution in [3.05, 3.63) is 34.6 Å². The van der Waals surface area contributed by atoms with Crippen molar-refractivity contribution in [2.45, 2.75) is 46.0 Å². The van der Waals surface area contributed by atoms with Crippen molar-refractivity contribution in [2.75, 3.05) is 6.54 Å². The Balaban J connectivity index is 2.43. The predicted molar refractivity (Wildman–Crippen MR) is 74.8 cm³/mol. The second-order valence-electron chi connectivity index (χ2n) is 5.81. The maximum absolute atomic E-state index is 14.2. The first-order valence-corrected chi connectivity index (χ1v) is 7.02. The van der Waals surface area contributed by atoms with E-state index in [1.54, 1.807) is 6.92 Å². The summed E-state index contributed by atoms with van der Waals surface area (Å²) in [6.07, 6.45) is 4.74. The summed E-state index contributed by atoms with van der Waals surface area (Å²) in [5.74, 6) is -0.495. The number of nitrogens with two attached hydrogens (primary N) is 1. The van der Waals surface area contributed by atoms with Crippen LogP contribution in [0.5, 0.6) is 0 Å². The molecule has 0 spiro atoms. The minimum Gasteiger partial charge on any atom is -0.329 e. The van der Waals surface area contributed by atoms with Crippen molar-refractivity contribution < 1.29 is 9.18 Å². The summed E-state index contributed by atoms with van der Waals surface area (Å²) in [6.45, 7) is 3.96. The van der Waals surface area contributed by atoms with Gasteiger partial charge in [-0.25, -0.2) is 4.39 Å². The Labute approximate surface area is 114 Å². The summed E-state index contributed by atoms with van der Waals surface area (Å²) in [7, 11) is 0. The highest BCUT2D eigenvalue weighted by atomic mass is 19.1. The van der Waals surface area contributed by atoms with E-state index in [1.165, 1.54) is 6.07 Å². The van der Waals surface area contributed by atoms with E-state index in [4.69, 9.17) is 5.73 Å². The zero-order valence-electron chi connectivity index (χ0n) is 11.8. The van der Waals surface area contributed by atoms with Gasteiger partial charge in [-0.1, -0.05) is 25.3 Å². The van der Waals surface area contributed by atoms with Crippen LogP contribution < -0.4 is 5.73 Å². The van der Waals surface area contributed by atoms with E-state index < -0.39 is 11.2 Å². The Morgan fingerprint density at radius 1 is 1.26 bits per heavy atom. The smallest absolute Gasteiger partial charge is 0.173 e. The molecule has 2 nitrogen and oxygen atoms in total. The number of rotatable bonds is 3. The SMILES string of the molecule is Cc1cc(C)c(C(=O)C2(CN)CCCCC2)c(F)c1. The standard InChI is InChI=1S/C16H22FNO/c1-11-8-12(2)14(13(17)9-11)15(19)16(10-18)6-4-3-5-7-16/h8-9H,3-7,10,18H2,1-2H3. The first-order valence-electron chi connectivity index (χ1n) is 7.02. The highest BCUT2D eigenvalue weighted by molar-refractivity contribution is 6.02. The zero-order chi connectivity index (χ0) is 14.0. The molecular formula is C16H22FNO. The third-order valence-corrected chi connectivity index (χ3v) is 4.34. The number of halogens is 1. The fourth-order valence-corrected chi connectivity index (χ4v) is 3.22. The number of ketones is 1. The number of aryl methyl sites for hydroxylation is 2. The van der Waals surface area contributed by atoms with Crippen molar-refractivity contribution in [1.82, 2.24) is 0 Å². The molecule has 3 heteroatoms. The maximum Gasteiger partial charge on any atom is 0.173 e. The average Bonchev–Trinajstić information content (AvgIpc) is 2.38. The molecule has 1 aliphatic carbocycles. The van der Waals surface area contributed by atoms with Crippen LogP contribution in [0.15, 0.2) is 12.1 Å². The van der Waals surface area contributed by atoms with Gasteiger partial charge in [-0.2, -0.15) is 0 Å². The molecule has 0 radical (unpaired) electrons. The summed E-state index contributed by atoms with van der Waals surface area (Å²) < 4.78 is 14.2. The summed E-state index contributed by atoms with van der Waals surface area (Å²) in [5.41, 5.74) is 7.14. The van der Waals surface area contributed by atoms with Gasteiger partial charge in [0.2, 0.25) is 0 Å². The van der Waals surface area contributed by atoms with Gasteiger partial charge in [-0.3, -0.25) is 4.79 Å². The molecule has 0 aromatic heterocycles. The second-order valence-corrected chi connectivity index (χ2v) is 5.81. The molecule has 2 rings (SSSR count). The van der Waals surface area contributed by atoms with E-state index in [-0.39, 0.29) is 11.3 Å². The summed E-state index contributed by atoms with van der Waals surface area (Å²) in [6, 6.07) is 3.30. The van der Waals surface area contributed by atoms with E-state index in [0.717, 1.165) is 43.2 Å². The van der Waals surface area contributed by atoms with Gasteiger partial charge >= 0.3 is 0 Å². The average molecular weight is 263 g/mol. The van der Waals surface area contributed by atoms with Crippen molar-refractivity contribution in [2.24, 2.45) is 11.1 Å². The van der Waals surface area contributed by atoms with Crippen LogP contribution in [0.2, 0.25) is 0 Å². The monoisotopic (exact) mass is 263 g/mol. The van der Waals surface area contributed by atoms with E-state index in [2.05, 4.69) is 0 Å². The highest BCUT2D eigenvalue weighted by Crippen LogP contribution is 2.39. The molecule has 1 fully saturated rings. The molecule has 1 aromatic carbocycles. The molecule has 2 N–H and O–H groups in total. The Bertz CT molecular complexity index is 467. The number of hydrogen-bond acceptors (Lipinski definition) is 2. The van der Waals surface area contributed by atoms with Crippen LogP contribution in [0.25, 0.3) is 0 Å². The van der Waals surface area contributed by atoms with Crippen molar-refractivity contribution in [3.63, 3.8) is 0 Å². The van der Waals surface area contributed by atoms with Crippen LogP contribution in [-0.4, -0.2) is 12.3 Å². The van der Waals surface area contributed by atoms with Crippen LogP contribution in [-0.2, 0) is 0 Å². The lowest BCUT2D eigenvalue weighted by Gasteiger charge is -2.35. The number of carbonyl (C=O) groups excluding carboxylic acids is 1. The molecule has 1 aromatic rings. The van der Waals surface area contributed by atoms with Crippen molar-refractivity contribution in [3.8, 4) is 0 Å². The lowest BCUT2D eigenvalue weighted by atomic mass is 9.69.